The van der Waals surface area contributed by atoms with Crippen LogP contribution in [-0.4, -0.2) is 43.2 Å². The summed E-state index contributed by atoms with van der Waals surface area (Å²) in [6, 6.07) is 4.14. The zero-order chi connectivity index (χ0) is 11.4. The summed E-state index contributed by atoms with van der Waals surface area (Å²) in [5.41, 5.74) is 1.08. The van der Waals surface area contributed by atoms with Crippen LogP contribution in [0.5, 0.6) is 5.88 Å². The minimum atomic E-state index is 0.730. The van der Waals surface area contributed by atoms with Crippen LogP contribution in [0.4, 0.5) is 0 Å². The Morgan fingerprint density at radius 2 is 2.19 bits per heavy atom. The van der Waals surface area contributed by atoms with Gasteiger partial charge in [0.05, 0.1) is 16.4 Å². The molecule has 88 valence electrons. The van der Waals surface area contributed by atoms with Crippen LogP contribution in [0.3, 0.4) is 0 Å². The van der Waals surface area contributed by atoms with E-state index in [-0.39, 0.29) is 0 Å². The summed E-state index contributed by atoms with van der Waals surface area (Å²) >= 11 is 2.24. The molecular weight excluding hydrogens is 317 g/mol. The van der Waals surface area contributed by atoms with Crippen molar-refractivity contribution >= 4 is 22.6 Å². The van der Waals surface area contributed by atoms with Crippen LogP contribution in [0.15, 0.2) is 12.1 Å². The van der Waals surface area contributed by atoms with Crippen LogP contribution in [-0.2, 0) is 6.54 Å². The number of ether oxygens (including phenoxy) is 1. The highest BCUT2D eigenvalue weighted by molar-refractivity contribution is 14.1. The molecule has 1 N–H and O–H groups in total. The number of methoxy groups -OCH3 is 1. The maximum Gasteiger partial charge on any atom is 0.227 e. The number of nitrogens with one attached hydrogen (secondary N) is 1. The molecule has 16 heavy (non-hydrogen) atoms. The molecule has 2 heterocycles. The number of halogens is 1. The van der Waals surface area contributed by atoms with E-state index in [0.29, 0.717) is 0 Å². The third-order valence-corrected chi connectivity index (χ3v) is 3.48. The lowest BCUT2D eigenvalue weighted by atomic mass is 10.3. The first kappa shape index (κ1) is 12.1. The molecule has 1 saturated heterocycles. The predicted octanol–water partition coefficient (Wildman–Crippen LogP) is 1.10. The van der Waals surface area contributed by atoms with Gasteiger partial charge >= 0.3 is 0 Å². The van der Waals surface area contributed by atoms with Gasteiger partial charge in [-0.2, -0.15) is 0 Å². The van der Waals surface area contributed by atoms with Gasteiger partial charge in [-0.25, -0.2) is 4.98 Å². The molecule has 0 radical (unpaired) electrons. The first-order valence-corrected chi connectivity index (χ1v) is 6.50. The second-order valence-electron chi connectivity index (χ2n) is 3.82. The van der Waals surface area contributed by atoms with Crippen LogP contribution in [0.1, 0.15) is 5.69 Å². The topological polar surface area (TPSA) is 37.4 Å². The molecule has 5 heteroatoms. The van der Waals surface area contributed by atoms with Crippen molar-refractivity contribution in [2.45, 2.75) is 6.54 Å². The summed E-state index contributed by atoms with van der Waals surface area (Å²) in [6.07, 6.45) is 0. The summed E-state index contributed by atoms with van der Waals surface area (Å²) in [6.45, 7) is 5.24. The summed E-state index contributed by atoms with van der Waals surface area (Å²) in [4.78, 5) is 6.90. The van der Waals surface area contributed by atoms with Crippen LogP contribution in [0.25, 0.3) is 0 Å². The number of hydrogen-bond donors (Lipinski definition) is 1. The van der Waals surface area contributed by atoms with Crippen LogP contribution in [0.2, 0.25) is 0 Å². The summed E-state index contributed by atoms with van der Waals surface area (Å²) in [5.74, 6) is 0.730. The third kappa shape index (κ3) is 3.05. The molecular formula is C11H16IN3O. The molecule has 1 aromatic heterocycles. The zero-order valence-corrected chi connectivity index (χ0v) is 11.5. The molecule has 1 aliphatic heterocycles. The number of nitrogens with zero attached hydrogens (tertiary/aromatic N) is 2. The average molecular weight is 333 g/mol. The molecule has 1 aromatic rings. The van der Waals surface area contributed by atoms with Gasteiger partial charge < -0.3 is 10.1 Å². The van der Waals surface area contributed by atoms with E-state index in [9.17, 15) is 0 Å². The first-order valence-electron chi connectivity index (χ1n) is 5.42. The van der Waals surface area contributed by atoms with Gasteiger partial charge in [-0.1, -0.05) is 0 Å². The Balaban J connectivity index is 2.03. The van der Waals surface area contributed by atoms with Crippen molar-refractivity contribution in [3.63, 3.8) is 0 Å². The standard InChI is InChI=1S/C11H16IN3O/c1-16-11-10(12)3-2-9(14-11)8-15-6-4-13-5-7-15/h2-3,13H,4-8H2,1H3. The zero-order valence-electron chi connectivity index (χ0n) is 9.37. The lowest BCUT2D eigenvalue weighted by molar-refractivity contribution is 0.230. The monoisotopic (exact) mass is 333 g/mol. The van der Waals surface area contributed by atoms with E-state index in [0.717, 1.165) is 47.9 Å². The van der Waals surface area contributed by atoms with E-state index in [4.69, 9.17) is 4.74 Å². The van der Waals surface area contributed by atoms with Gasteiger partial charge in [0.25, 0.3) is 0 Å². The van der Waals surface area contributed by atoms with Crippen LogP contribution in [0, 0.1) is 3.57 Å². The normalized spacial score (nSPS) is 17.4. The Kier molecular flexibility index (Phi) is 4.37. The molecule has 4 nitrogen and oxygen atoms in total. The average Bonchev–Trinajstić information content (AvgIpc) is 2.33. The Morgan fingerprint density at radius 1 is 1.44 bits per heavy atom. The fourth-order valence-electron chi connectivity index (χ4n) is 1.79. The van der Waals surface area contributed by atoms with Crippen molar-refractivity contribution in [1.82, 2.24) is 15.2 Å². The van der Waals surface area contributed by atoms with Crippen molar-refractivity contribution in [3.8, 4) is 5.88 Å². The minimum Gasteiger partial charge on any atom is -0.480 e. The summed E-state index contributed by atoms with van der Waals surface area (Å²) in [7, 11) is 1.67. The van der Waals surface area contributed by atoms with Gasteiger partial charge in [-0.15, -0.1) is 0 Å². The van der Waals surface area contributed by atoms with Crippen molar-refractivity contribution in [1.29, 1.82) is 0 Å². The van der Waals surface area contributed by atoms with Crippen molar-refractivity contribution < 1.29 is 4.74 Å². The first-order chi connectivity index (χ1) is 7.79. The number of piperazine rings is 1. The summed E-state index contributed by atoms with van der Waals surface area (Å²) < 4.78 is 6.28. The lowest BCUT2D eigenvalue weighted by Gasteiger charge is -2.26. The minimum absolute atomic E-state index is 0.730. The number of rotatable bonds is 3. The van der Waals surface area contributed by atoms with E-state index >= 15 is 0 Å². The molecule has 0 aliphatic carbocycles. The van der Waals surface area contributed by atoms with Gasteiger partial charge in [0.15, 0.2) is 0 Å². The predicted molar refractivity (Wildman–Crippen MR) is 71.7 cm³/mol. The molecule has 0 atom stereocenters. The van der Waals surface area contributed by atoms with E-state index in [1.165, 1.54) is 0 Å². The van der Waals surface area contributed by atoms with E-state index in [1.807, 2.05) is 0 Å². The Bertz CT molecular complexity index is 353. The quantitative estimate of drug-likeness (QED) is 0.841. The second kappa shape index (κ2) is 5.79. The summed E-state index contributed by atoms with van der Waals surface area (Å²) in [5, 5.41) is 3.34. The maximum absolute atomic E-state index is 5.23. The highest BCUT2D eigenvalue weighted by Gasteiger charge is 2.11. The van der Waals surface area contributed by atoms with Gasteiger partial charge in [0.2, 0.25) is 5.88 Å². The van der Waals surface area contributed by atoms with Crippen LogP contribution >= 0.6 is 22.6 Å². The number of hydrogen-bond acceptors (Lipinski definition) is 4. The Morgan fingerprint density at radius 3 is 2.88 bits per heavy atom. The third-order valence-electron chi connectivity index (χ3n) is 2.66. The van der Waals surface area contributed by atoms with Gasteiger partial charge in [-0.05, 0) is 34.7 Å². The fraction of sp³-hybridized carbons (Fsp3) is 0.545. The highest BCUT2D eigenvalue weighted by atomic mass is 127. The van der Waals surface area contributed by atoms with Crippen molar-refractivity contribution in [3.05, 3.63) is 21.4 Å². The van der Waals surface area contributed by atoms with Crippen molar-refractivity contribution in [2.24, 2.45) is 0 Å². The van der Waals surface area contributed by atoms with E-state index in [1.54, 1.807) is 7.11 Å². The van der Waals surface area contributed by atoms with Crippen LogP contribution < -0.4 is 10.1 Å². The molecule has 0 aromatic carbocycles. The fourth-order valence-corrected chi connectivity index (χ4v) is 2.31. The molecule has 0 spiro atoms. The Labute approximate surface area is 110 Å². The Hall–Kier alpha value is -0.400. The molecule has 0 saturated carbocycles. The maximum atomic E-state index is 5.23. The lowest BCUT2D eigenvalue weighted by Crippen LogP contribution is -2.43. The number of aromatic nitrogens is 1. The smallest absolute Gasteiger partial charge is 0.227 e. The molecule has 0 amide bonds. The van der Waals surface area contributed by atoms with Gasteiger partial charge in [0, 0.05) is 32.7 Å². The molecule has 1 fully saturated rings. The van der Waals surface area contributed by atoms with E-state index < -0.39 is 0 Å². The number of pyridine rings is 1. The van der Waals surface area contributed by atoms with Gasteiger partial charge in [-0.3, -0.25) is 4.90 Å². The molecule has 0 unspecified atom stereocenters. The van der Waals surface area contributed by atoms with Gasteiger partial charge in [0.1, 0.15) is 0 Å². The highest BCUT2D eigenvalue weighted by Crippen LogP contribution is 2.18. The molecule has 2 rings (SSSR count). The SMILES string of the molecule is COc1nc(CN2CCNCC2)ccc1I. The second-order valence-corrected chi connectivity index (χ2v) is 4.98. The molecule has 1 aliphatic rings. The molecule has 0 bridgehead atoms. The largest absolute Gasteiger partial charge is 0.480 e. The van der Waals surface area contributed by atoms with Crippen molar-refractivity contribution in [2.75, 3.05) is 33.3 Å². The van der Waals surface area contributed by atoms with E-state index in [2.05, 4.69) is 49.9 Å².